The van der Waals surface area contributed by atoms with E-state index in [-0.39, 0.29) is 11.6 Å². The van der Waals surface area contributed by atoms with E-state index in [1.807, 2.05) is 12.1 Å². The number of benzene rings is 2. The first-order chi connectivity index (χ1) is 14.7. The fraction of sp³-hybridized carbons (Fsp3) is 0.150. The molecule has 0 unspecified atom stereocenters. The van der Waals surface area contributed by atoms with E-state index in [1.165, 1.54) is 24.3 Å². The molecular weight excluding hydrogens is 437 g/mol. The van der Waals surface area contributed by atoms with Gasteiger partial charge < -0.3 is 20.5 Å². The summed E-state index contributed by atoms with van der Waals surface area (Å²) in [5.41, 5.74) is 1.38. The lowest BCUT2D eigenvalue weighted by molar-refractivity contribution is -0.274. The van der Waals surface area contributed by atoms with Crippen LogP contribution in [-0.2, 0) is 11.3 Å². The zero-order valence-electron chi connectivity index (χ0n) is 15.8. The molecule has 0 amide bonds. The highest BCUT2D eigenvalue weighted by Crippen LogP contribution is 2.29. The summed E-state index contributed by atoms with van der Waals surface area (Å²) in [4.78, 5) is 19.3. The van der Waals surface area contributed by atoms with Crippen molar-refractivity contribution in [2.45, 2.75) is 12.9 Å². The number of rotatable bonds is 8. The fourth-order valence-corrected chi connectivity index (χ4v) is 2.80. The molecule has 0 saturated heterocycles. The summed E-state index contributed by atoms with van der Waals surface area (Å²) >= 11 is 6.15. The first-order valence-electron chi connectivity index (χ1n) is 8.88. The maximum atomic E-state index is 12.5. The summed E-state index contributed by atoms with van der Waals surface area (Å²) in [5.74, 6) is -1.22. The molecule has 3 rings (SSSR count). The second kappa shape index (κ2) is 9.52. The van der Waals surface area contributed by atoms with Crippen molar-refractivity contribution < 1.29 is 27.8 Å². The molecule has 0 radical (unpaired) electrons. The summed E-state index contributed by atoms with van der Waals surface area (Å²) in [7, 11) is 0. The summed E-state index contributed by atoms with van der Waals surface area (Å²) in [6.07, 6.45) is -4.83. The highest BCUT2D eigenvalue weighted by Gasteiger charge is 2.31. The second-order valence-corrected chi connectivity index (χ2v) is 6.64. The van der Waals surface area contributed by atoms with Gasteiger partial charge >= 0.3 is 12.3 Å². The maximum Gasteiger partial charge on any atom is 0.573 e. The molecule has 0 aliphatic carbocycles. The van der Waals surface area contributed by atoms with Crippen LogP contribution < -0.4 is 15.4 Å². The number of nitrogens with zero attached hydrogens (tertiary/aromatic N) is 2. The number of halogens is 4. The highest BCUT2D eigenvalue weighted by atomic mass is 35.5. The normalized spacial score (nSPS) is 11.1. The van der Waals surface area contributed by atoms with Crippen molar-refractivity contribution >= 4 is 29.3 Å². The third kappa shape index (κ3) is 6.75. The lowest BCUT2D eigenvalue weighted by Crippen LogP contribution is -2.17. The summed E-state index contributed by atoms with van der Waals surface area (Å²) in [6, 6.07) is 14.0. The molecular formula is C20H16ClF3N4O3. The number of aliphatic carboxylic acids is 1. The molecule has 7 nitrogen and oxygen atoms in total. The Morgan fingerprint density at radius 1 is 1.06 bits per heavy atom. The zero-order chi connectivity index (χ0) is 22.4. The van der Waals surface area contributed by atoms with Crippen LogP contribution >= 0.6 is 11.6 Å². The van der Waals surface area contributed by atoms with E-state index < -0.39 is 24.6 Å². The number of hydrogen-bond donors (Lipinski definition) is 3. The van der Waals surface area contributed by atoms with Gasteiger partial charge in [-0.25, -0.2) is 4.98 Å². The van der Waals surface area contributed by atoms with Crippen LogP contribution in [0.5, 0.6) is 5.75 Å². The first kappa shape index (κ1) is 22.2. The Bertz CT molecular complexity index is 1080. The van der Waals surface area contributed by atoms with Crippen LogP contribution in [-0.4, -0.2) is 34.0 Å². The number of carboxylic acids is 1. The van der Waals surface area contributed by atoms with E-state index in [9.17, 15) is 18.0 Å². The number of anilines is 2. The van der Waals surface area contributed by atoms with E-state index in [1.54, 1.807) is 18.2 Å². The molecule has 1 aromatic heterocycles. The van der Waals surface area contributed by atoms with Crippen molar-refractivity contribution in [3.05, 3.63) is 65.2 Å². The topological polar surface area (TPSA) is 96.4 Å². The lowest BCUT2D eigenvalue weighted by atomic mass is 10.1. The minimum atomic E-state index is -4.83. The van der Waals surface area contributed by atoms with E-state index in [0.717, 1.165) is 5.56 Å². The number of carbonyl (C=O) groups is 1. The molecule has 31 heavy (non-hydrogen) atoms. The summed E-state index contributed by atoms with van der Waals surface area (Å²) in [6.45, 7) is -0.129. The zero-order valence-corrected chi connectivity index (χ0v) is 16.5. The van der Waals surface area contributed by atoms with Crippen LogP contribution in [0.15, 0.2) is 54.6 Å². The number of carboxylic acid groups (broad SMARTS) is 1. The van der Waals surface area contributed by atoms with Gasteiger partial charge in [0.25, 0.3) is 0 Å². The molecule has 11 heteroatoms. The average Bonchev–Trinajstić information content (AvgIpc) is 2.70. The summed E-state index contributed by atoms with van der Waals surface area (Å²) in [5, 5.41) is 15.0. The Hall–Kier alpha value is -3.53. The van der Waals surface area contributed by atoms with Crippen molar-refractivity contribution in [3.63, 3.8) is 0 Å². The Balaban J connectivity index is 1.91. The molecule has 3 N–H and O–H groups in total. The van der Waals surface area contributed by atoms with Gasteiger partial charge in [-0.2, -0.15) is 4.98 Å². The van der Waals surface area contributed by atoms with Gasteiger partial charge in [0.2, 0.25) is 5.95 Å². The molecule has 1 heterocycles. The maximum absolute atomic E-state index is 12.5. The first-order valence-corrected chi connectivity index (χ1v) is 9.25. The second-order valence-electron chi connectivity index (χ2n) is 6.23. The molecule has 162 valence electrons. The SMILES string of the molecule is O=C(O)CNc1nc(NCc2ccccc2Cl)cc(-c2cccc(OC(F)(F)F)c2)n1. The number of nitrogens with one attached hydrogen (secondary N) is 2. The molecule has 2 aromatic carbocycles. The van der Waals surface area contributed by atoms with Gasteiger partial charge in [0.1, 0.15) is 18.1 Å². The Labute approximate surface area is 179 Å². The van der Waals surface area contributed by atoms with Gasteiger partial charge in [0, 0.05) is 23.2 Å². The van der Waals surface area contributed by atoms with Crippen molar-refractivity contribution in [2.24, 2.45) is 0 Å². The van der Waals surface area contributed by atoms with Gasteiger partial charge in [0.15, 0.2) is 0 Å². The Kier molecular flexibility index (Phi) is 6.81. The Morgan fingerprint density at radius 3 is 2.55 bits per heavy atom. The van der Waals surface area contributed by atoms with Gasteiger partial charge in [0.05, 0.1) is 5.69 Å². The van der Waals surface area contributed by atoms with E-state index in [0.29, 0.717) is 22.9 Å². The van der Waals surface area contributed by atoms with Crippen molar-refractivity contribution in [1.82, 2.24) is 9.97 Å². The van der Waals surface area contributed by atoms with E-state index in [4.69, 9.17) is 16.7 Å². The minimum Gasteiger partial charge on any atom is -0.480 e. The fourth-order valence-electron chi connectivity index (χ4n) is 2.60. The number of ether oxygens (including phenoxy) is 1. The number of hydrogen-bond acceptors (Lipinski definition) is 6. The molecule has 3 aromatic rings. The van der Waals surface area contributed by atoms with Gasteiger partial charge in [-0.05, 0) is 23.8 Å². The van der Waals surface area contributed by atoms with Crippen molar-refractivity contribution in [2.75, 3.05) is 17.2 Å². The van der Waals surface area contributed by atoms with Crippen LogP contribution in [0.25, 0.3) is 11.3 Å². The molecule has 0 atom stereocenters. The van der Waals surface area contributed by atoms with Crippen LogP contribution in [0.3, 0.4) is 0 Å². The van der Waals surface area contributed by atoms with Crippen LogP contribution in [0.4, 0.5) is 24.9 Å². The third-order valence-electron chi connectivity index (χ3n) is 3.91. The summed E-state index contributed by atoms with van der Waals surface area (Å²) < 4.78 is 41.6. The predicted molar refractivity (Wildman–Crippen MR) is 109 cm³/mol. The van der Waals surface area contributed by atoms with Gasteiger partial charge in [-0.3, -0.25) is 4.79 Å². The molecule has 0 fully saturated rings. The number of alkyl halides is 3. The van der Waals surface area contributed by atoms with Crippen molar-refractivity contribution in [1.29, 1.82) is 0 Å². The quantitative estimate of drug-likeness (QED) is 0.451. The third-order valence-corrected chi connectivity index (χ3v) is 4.27. The average molecular weight is 453 g/mol. The minimum absolute atomic E-state index is 0.0105. The van der Waals surface area contributed by atoms with Crippen LogP contribution in [0, 0.1) is 0 Å². The van der Waals surface area contributed by atoms with Crippen LogP contribution in [0.1, 0.15) is 5.56 Å². The molecule has 0 saturated carbocycles. The molecule has 0 bridgehead atoms. The molecule has 0 spiro atoms. The smallest absolute Gasteiger partial charge is 0.480 e. The van der Waals surface area contributed by atoms with E-state index >= 15 is 0 Å². The monoisotopic (exact) mass is 452 g/mol. The van der Waals surface area contributed by atoms with Gasteiger partial charge in [-0.1, -0.05) is 41.9 Å². The lowest BCUT2D eigenvalue weighted by Gasteiger charge is -2.13. The van der Waals surface area contributed by atoms with Gasteiger partial charge in [-0.15, -0.1) is 13.2 Å². The highest BCUT2D eigenvalue weighted by molar-refractivity contribution is 6.31. The molecule has 0 aliphatic rings. The molecule has 0 aliphatic heterocycles. The van der Waals surface area contributed by atoms with Crippen molar-refractivity contribution in [3.8, 4) is 17.0 Å². The largest absolute Gasteiger partial charge is 0.573 e. The van der Waals surface area contributed by atoms with E-state index in [2.05, 4.69) is 25.3 Å². The number of aromatic nitrogens is 2. The predicted octanol–water partition coefficient (Wildman–Crippen LogP) is 4.80. The van der Waals surface area contributed by atoms with Crippen LogP contribution in [0.2, 0.25) is 5.02 Å². The standard InChI is InChI=1S/C20H16ClF3N4O3/c21-15-7-2-1-4-13(15)10-25-17-9-16(27-19(28-17)26-11-18(29)30)12-5-3-6-14(8-12)31-20(22,23)24/h1-9H,10-11H2,(H,29,30)(H2,25,26,27,28). The Morgan fingerprint density at radius 2 is 1.84 bits per heavy atom.